The van der Waals surface area contributed by atoms with Gasteiger partial charge in [0.25, 0.3) is 0 Å². The van der Waals surface area contributed by atoms with E-state index >= 15 is 0 Å². The fourth-order valence-corrected chi connectivity index (χ4v) is 1.17. The van der Waals surface area contributed by atoms with E-state index in [4.69, 9.17) is 4.74 Å². The third-order valence-electron chi connectivity index (χ3n) is 2.08. The number of rotatable bonds is 8. The molecule has 0 aromatic rings. The van der Waals surface area contributed by atoms with Crippen LogP contribution in [0.5, 0.6) is 0 Å². The molecule has 0 spiro atoms. The van der Waals surface area contributed by atoms with E-state index in [2.05, 4.69) is 25.6 Å². The summed E-state index contributed by atoms with van der Waals surface area (Å²) >= 11 is 0. The van der Waals surface area contributed by atoms with E-state index in [0.717, 1.165) is 19.4 Å². The van der Waals surface area contributed by atoms with Gasteiger partial charge in [-0.1, -0.05) is 19.4 Å². The second-order valence-electron chi connectivity index (χ2n) is 4.13. The Hall–Kier alpha value is -0.350. The van der Waals surface area contributed by atoms with Crippen molar-refractivity contribution in [3.63, 3.8) is 0 Å². The van der Waals surface area contributed by atoms with E-state index in [9.17, 15) is 4.79 Å². The molecule has 0 bridgehead atoms. The molecule has 0 aliphatic carbocycles. The van der Waals surface area contributed by atoms with Gasteiger partial charge in [-0.3, -0.25) is 0 Å². The molecule has 0 amide bonds. The normalized spacial score (nSPS) is 9.75. The molecular formula is C12H24BrNO2. The molecule has 3 nitrogen and oxygen atoms in total. The summed E-state index contributed by atoms with van der Waals surface area (Å²) in [4.78, 5) is 13.2. The van der Waals surface area contributed by atoms with Gasteiger partial charge in [0.05, 0.1) is 6.61 Å². The van der Waals surface area contributed by atoms with Crippen LogP contribution < -0.4 is 0 Å². The second-order valence-corrected chi connectivity index (χ2v) is 4.13. The third-order valence-corrected chi connectivity index (χ3v) is 2.08. The molecule has 16 heavy (non-hydrogen) atoms. The highest BCUT2D eigenvalue weighted by atomic mass is 79.9. The smallest absolute Gasteiger partial charge is 0.333 e. The molecule has 0 rings (SSSR count). The molecule has 0 fully saturated rings. The molecule has 0 N–H and O–H groups in total. The highest BCUT2D eigenvalue weighted by Crippen LogP contribution is 2.02. The average Bonchev–Trinajstić information content (AvgIpc) is 2.15. The van der Waals surface area contributed by atoms with Gasteiger partial charge < -0.3 is 9.64 Å². The lowest BCUT2D eigenvalue weighted by Gasteiger charge is -2.08. The molecule has 0 radical (unpaired) electrons. The molecule has 0 heterocycles. The predicted molar refractivity (Wildman–Crippen MR) is 73.1 cm³/mol. The van der Waals surface area contributed by atoms with E-state index in [1.807, 2.05) is 0 Å². The van der Waals surface area contributed by atoms with E-state index < -0.39 is 0 Å². The summed E-state index contributed by atoms with van der Waals surface area (Å²) in [5, 5.41) is 0. The Labute approximate surface area is 110 Å². The Morgan fingerprint density at radius 2 is 1.75 bits per heavy atom. The van der Waals surface area contributed by atoms with Crippen LogP contribution in [0.25, 0.3) is 0 Å². The highest BCUT2D eigenvalue weighted by molar-refractivity contribution is 8.93. The Kier molecular flexibility index (Phi) is 12.6. The molecule has 0 atom stereocenters. The van der Waals surface area contributed by atoms with Crippen molar-refractivity contribution in [1.29, 1.82) is 0 Å². The lowest BCUT2D eigenvalue weighted by atomic mass is 10.2. The number of esters is 1. The first kappa shape index (κ1) is 18.0. The monoisotopic (exact) mass is 293 g/mol. The molecule has 4 heteroatoms. The number of carbonyl (C=O) groups excluding carboxylic acids is 1. The van der Waals surface area contributed by atoms with Gasteiger partial charge in [0.2, 0.25) is 0 Å². The number of carbonyl (C=O) groups is 1. The number of nitrogens with zero attached hydrogens (tertiary/aromatic N) is 1. The van der Waals surface area contributed by atoms with Crippen molar-refractivity contribution in [2.75, 3.05) is 27.2 Å². The Balaban J connectivity index is 0. The highest BCUT2D eigenvalue weighted by Gasteiger charge is 2.01. The van der Waals surface area contributed by atoms with Crippen molar-refractivity contribution in [2.45, 2.75) is 32.6 Å². The molecule has 0 aromatic heterocycles. The summed E-state index contributed by atoms with van der Waals surface area (Å²) in [5.41, 5.74) is 0.475. The quantitative estimate of drug-likeness (QED) is 0.392. The van der Waals surface area contributed by atoms with Gasteiger partial charge in [-0.2, -0.15) is 0 Å². The van der Waals surface area contributed by atoms with Crippen molar-refractivity contribution in [1.82, 2.24) is 4.90 Å². The maximum atomic E-state index is 11.0. The van der Waals surface area contributed by atoms with E-state index in [1.165, 1.54) is 12.8 Å². The summed E-state index contributed by atoms with van der Waals surface area (Å²) in [6.07, 6.45) is 4.48. The molecule has 0 aliphatic rings. The van der Waals surface area contributed by atoms with E-state index in [-0.39, 0.29) is 23.0 Å². The average molecular weight is 294 g/mol. The third kappa shape index (κ3) is 11.7. The van der Waals surface area contributed by atoms with Crippen LogP contribution in [0.15, 0.2) is 12.2 Å². The largest absolute Gasteiger partial charge is 0.462 e. The van der Waals surface area contributed by atoms with Crippen LogP contribution in [0.3, 0.4) is 0 Å². The van der Waals surface area contributed by atoms with Crippen molar-refractivity contribution >= 4 is 23.0 Å². The zero-order valence-corrected chi connectivity index (χ0v) is 12.3. The van der Waals surface area contributed by atoms with Crippen molar-refractivity contribution < 1.29 is 9.53 Å². The number of halogens is 1. The minimum atomic E-state index is -0.275. The first-order chi connectivity index (χ1) is 7.04. The SMILES string of the molecule is Br.C=C(C)C(=O)OCCCCCCN(C)C. The Morgan fingerprint density at radius 1 is 1.19 bits per heavy atom. The summed E-state index contributed by atoms with van der Waals surface area (Å²) in [5.74, 6) is -0.275. The van der Waals surface area contributed by atoms with Crippen LogP contribution in [0.2, 0.25) is 0 Å². The van der Waals surface area contributed by atoms with Crippen LogP contribution in [-0.2, 0) is 9.53 Å². The van der Waals surface area contributed by atoms with Crippen molar-refractivity contribution in [3.8, 4) is 0 Å². The fourth-order valence-electron chi connectivity index (χ4n) is 1.17. The summed E-state index contributed by atoms with van der Waals surface area (Å²) in [6, 6.07) is 0. The molecule has 0 aliphatic heterocycles. The zero-order chi connectivity index (χ0) is 11.7. The minimum Gasteiger partial charge on any atom is -0.462 e. The van der Waals surface area contributed by atoms with E-state index in [1.54, 1.807) is 6.92 Å². The summed E-state index contributed by atoms with van der Waals surface area (Å²) < 4.78 is 4.98. The predicted octanol–water partition coefficient (Wildman–Crippen LogP) is 2.81. The Morgan fingerprint density at radius 3 is 2.25 bits per heavy atom. The van der Waals surface area contributed by atoms with Gasteiger partial charge >= 0.3 is 5.97 Å². The van der Waals surface area contributed by atoms with Gasteiger partial charge in [-0.25, -0.2) is 4.79 Å². The van der Waals surface area contributed by atoms with Crippen LogP contribution >= 0.6 is 17.0 Å². The lowest BCUT2D eigenvalue weighted by Crippen LogP contribution is -2.12. The van der Waals surface area contributed by atoms with Gasteiger partial charge in [-0.05, 0) is 40.4 Å². The lowest BCUT2D eigenvalue weighted by molar-refractivity contribution is -0.139. The molecule has 0 saturated carbocycles. The van der Waals surface area contributed by atoms with Crippen LogP contribution in [0.1, 0.15) is 32.6 Å². The number of ether oxygens (including phenoxy) is 1. The Bertz CT molecular complexity index is 205. The summed E-state index contributed by atoms with van der Waals surface area (Å²) in [7, 11) is 4.16. The van der Waals surface area contributed by atoms with Crippen molar-refractivity contribution in [2.24, 2.45) is 0 Å². The topological polar surface area (TPSA) is 29.5 Å². The number of hydrogen-bond acceptors (Lipinski definition) is 3. The maximum absolute atomic E-state index is 11.0. The van der Waals surface area contributed by atoms with Crippen LogP contribution in [-0.4, -0.2) is 38.1 Å². The van der Waals surface area contributed by atoms with Crippen LogP contribution in [0.4, 0.5) is 0 Å². The van der Waals surface area contributed by atoms with Crippen LogP contribution in [0, 0.1) is 0 Å². The van der Waals surface area contributed by atoms with Gasteiger partial charge in [0.15, 0.2) is 0 Å². The maximum Gasteiger partial charge on any atom is 0.333 e. The standard InChI is InChI=1S/C12H23NO2.BrH/c1-11(2)12(14)15-10-8-6-5-7-9-13(3)4;/h1,5-10H2,2-4H3;1H. The van der Waals surface area contributed by atoms with Gasteiger partial charge in [0, 0.05) is 5.57 Å². The first-order valence-corrected chi connectivity index (χ1v) is 5.51. The summed E-state index contributed by atoms with van der Waals surface area (Å²) in [6.45, 7) is 6.84. The number of unbranched alkanes of at least 4 members (excludes halogenated alkanes) is 3. The first-order valence-electron chi connectivity index (χ1n) is 5.51. The molecule has 96 valence electrons. The van der Waals surface area contributed by atoms with Crippen molar-refractivity contribution in [3.05, 3.63) is 12.2 Å². The molecule has 0 unspecified atom stereocenters. The number of hydrogen-bond donors (Lipinski definition) is 0. The minimum absolute atomic E-state index is 0. The second kappa shape index (κ2) is 11.1. The zero-order valence-electron chi connectivity index (χ0n) is 10.6. The van der Waals surface area contributed by atoms with E-state index in [0.29, 0.717) is 12.2 Å². The fraction of sp³-hybridized carbons (Fsp3) is 0.750. The molecular weight excluding hydrogens is 270 g/mol. The molecule has 0 saturated heterocycles. The van der Waals surface area contributed by atoms with Gasteiger partial charge in [-0.15, -0.1) is 17.0 Å². The van der Waals surface area contributed by atoms with Gasteiger partial charge in [0.1, 0.15) is 0 Å². The molecule has 0 aromatic carbocycles.